The molecule has 0 radical (unpaired) electrons. The minimum absolute atomic E-state index is 0.407. The second kappa shape index (κ2) is 9.63. The van der Waals surface area contributed by atoms with Crippen LogP contribution in [-0.4, -0.2) is 49.8 Å². The summed E-state index contributed by atoms with van der Waals surface area (Å²) >= 11 is 0. The van der Waals surface area contributed by atoms with Gasteiger partial charge in [-0.1, -0.05) is 49.2 Å². The van der Waals surface area contributed by atoms with Crippen molar-refractivity contribution in [3.05, 3.63) is 54.1 Å². The van der Waals surface area contributed by atoms with Crippen LogP contribution < -0.4 is 0 Å². The fourth-order valence-electron chi connectivity index (χ4n) is 4.71. The van der Waals surface area contributed by atoms with Gasteiger partial charge in [-0.3, -0.25) is 0 Å². The van der Waals surface area contributed by atoms with E-state index in [1.54, 1.807) is 16.4 Å². The minimum atomic E-state index is -3.38. The van der Waals surface area contributed by atoms with Gasteiger partial charge in [-0.05, 0) is 74.4 Å². The van der Waals surface area contributed by atoms with Gasteiger partial charge in [-0.2, -0.15) is 4.31 Å². The van der Waals surface area contributed by atoms with Crippen molar-refractivity contribution in [1.29, 1.82) is 0 Å². The molecule has 4 nitrogen and oxygen atoms in total. The summed E-state index contributed by atoms with van der Waals surface area (Å²) < 4.78 is 27.6. The van der Waals surface area contributed by atoms with Gasteiger partial charge >= 0.3 is 0 Å². The molecule has 2 fully saturated rings. The van der Waals surface area contributed by atoms with E-state index in [4.69, 9.17) is 0 Å². The lowest BCUT2D eigenvalue weighted by Crippen LogP contribution is -2.31. The molecule has 0 bridgehead atoms. The lowest BCUT2D eigenvalue weighted by atomic mass is 10.0. The zero-order valence-corrected chi connectivity index (χ0v) is 18.9. The first-order chi connectivity index (χ1) is 14.5. The van der Waals surface area contributed by atoms with Gasteiger partial charge in [0.25, 0.3) is 0 Å². The molecule has 2 aromatic rings. The third-order valence-electron chi connectivity index (χ3n) is 6.72. The van der Waals surface area contributed by atoms with Gasteiger partial charge in [0.15, 0.2) is 0 Å². The molecule has 0 saturated carbocycles. The predicted octanol–water partition coefficient (Wildman–Crippen LogP) is 4.95. The third-order valence-corrected chi connectivity index (χ3v) is 8.64. The van der Waals surface area contributed by atoms with Crippen LogP contribution in [0.3, 0.4) is 0 Å². The van der Waals surface area contributed by atoms with E-state index in [2.05, 4.69) is 36.1 Å². The smallest absolute Gasteiger partial charge is 0.243 e. The highest BCUT2D eigenvalue weighted by Gasteiger charge is 2.25. The van der Waals surface area contributed by atoms with Crippen LogP contribution in [0.5, 0.6) is 0 Å². The van der Waals surface area contributed by atoms with E-state index in [9.17, 15) is 8.42 Å². The lowest BCUT2D eigenvalue weighted by molar-refractivity contribution is 0.272. The van der Waals surface area contributed by atoms with Gasteiger partial charge in [0, 0.05) is 25.7 Å². The highest BCUT2D eigenvalue weighted by atomic mass is 32.2. The number of likely N-dealkylation sites (tertiary alicyclic amines) is 1. The number of nitrogens with zero attached hydrogens (tertiary/aromatic N) is 2. The molecule has 0 unspecified atom stereocenters. The van der Waals surface area contributed by atoms with E-state index in [1.807, 2.05) is 12.1 Å². The van der Waals surface area contributed by atoms with Crippen molar-refractivity contribution in [1.82, 2.24) is 9.21 Å². The Balaban J connectivity index is 1.41. The van der Waals surface area contributed by atoms with Crippen LogP contribution in [0.15, 0.2) is 53.4 Å². The fourth-order valence-corrected chi connectivity index (χ4v) is 6.23. The molecule has 2 saturated heterocycles. The summed E-state index contributed by atoms with van der Waals surface area (Å²) in [5.41, 5.74) is 3.55. The van der Waals surface area contributed by atoms with Gasteiger partial charge in [0.1, 0.15) is 0 Å². The van der Waals surface area contributed by atoms with Crippen LogP contribution in [0.2, 0.25) is 0 Å². The van der Waals surface area contributed by atoms with E-state index in [-0.39, 0.29) is 0 Å². The quantitative estimate of drug-likeness (QED) is 0.656. The van der Waals surface area contributed by atoms with Crippen molar-refractivity contribution >= 4 is 10.0 Å². The average Bonchev–Trinajstić information content (AvgIpc) is 3.00. The van der Waals surface area contributed by atoms with Gasteiger partial charge in [0.2, 0.25) is 10.0 Å². The summed E-state index contributed by atoms with van der Waals surface area (Å²) in [4.78, 5) is 2.99. The Bertz CT molecular complexity index is 915. The highest BCUT2D eigenvalue weighted by Crippen LogP contribution is 2.25. The standard InChI is InChI=1S/C25H34N2O2S/c1-21-7-6-17-26(21)20-16-22-8-10-23(11-9-22)24-12-14-25(15-13-24)30(28,29)27-18-4-2-3-5-19-27/h8-15,21H,2-7,16-20H2,1H3/t21-/m1/s1. The van der Waals surface area contributed by atoms with Crippen molar-refractivity contribution < 1.29 is 8.42 Å². The van der Waals surface area contributed by atoms with Crippen LogP contribution in [-0.2, 0) is 16.4 Å². The van der Waals surface area contributed by atoms with Gasteiger partial charge in [-0.25, -0.2) is 8.42 Å². The van der Waals surface area contributed by atoms with Crippen LogP contribution >= 0.6 is 0 Å². The summed E-state index contributed by atoms with van der Waals surface area (Å²) in [5.74, 6) is 0. The second-order valence-corrected chi connectivity index (χ2v) is 10.8. The maximum Gasteiger partial charge on any atom is 0.243 e. The molecule has 2 aliphatic rings. The highest BCUT2D eigenvalue weighted by molar-refractivity contribution is 7.89. The summed E-state index contributed by atoms with van der Waals surface area (Å²) in [6.45, 7) is 5.96. The maximum absolute atomic E-state index is 13.0. The summed E-state index contributed by atoms with van der Waals surface area (Å²) in [6, 6.07) is 16.8. The van der Waals surface area contributed by atoms with Crippen molar-refractivity contribution in [2.45, 2.75) is 62.8 Å². The van der Waals surface area contributed by atoms with Crippen LogP contribution in [0.1, 0.15) is 51.0 Å². The van der Waals surface area contributed by atoms with Crippen molar-refractivity contribution in [2.75, 3.05) is 26.2 Å². The zero-order chi connectivity index (χ0) is 21.0. The summed E-state index contributed by atoms with van der Waals surface area (Å²) in [7, 11) is -3.38. The number of benzene rings is 2. The van der Waals surface area contributed by atoms with E-state index in [1.165, 1.54) is 24.9 Å². The lowest BCUT2D eigenvalue weighted by Gasteiger charge is -2.20. The fraction of sp³-hybridized carbons (Fsp3) is 0.520. The summed E-state index contributed by atoms with van der Waals surface area (Å²) in [6.07, 6.45) is 7.89. The normalized spacial score (nSPS) is 21.6. The Morgan fingerprint density at radius 1 is 0.800 bits per heavy atom. The number of hydrogen-bond acceptors (Lipinski definition) is 3. The zero-order valence-electron chi connectivity index (χ0n) is 18.1. The minimum Gasteiger partial charge on any atom is -0.300 e. The van der Waals surface area contributed by atoms with Gasteiger partial charge in [-0.15, -0.1) is 0 Å². The molecular weight excluding hydrogens is 392 g/mol. The molecule has 0 amide bonds. The molecular formula is C25H34N2O2S. The Labute approximate surface area is 182 Å². The molecule has 30 heavy (non-hydrogen) atoms. The molecule has 2 heterocycles. The molecule has 5 heteroatoms. The first-order valence-corrected chi connectivity index (χ1v) is 12.9. The van der Waals surface area contributed by atoms with Crippen LogP contribution in [0, 0.1) is 0 Å². The Hall–Kier alpha value is -1.69. The molecule has 2 aliphatic heterocycles. The Morgan fingerprint density at radius 3 is 1.97 bits per heavy atom. The van der Waals surface area contributed by atoms with Crippen LogP contribution in [0.25, 0.3) is 11.1 Å². The van der Waals surface area contributed by atoms with Crippen molar-refractivity contribution in [2.24, 2.45) is 0 Å². The first kappa shape index (κ1) is 21.5. The Kier molecular flexibility index (Phi) is 6.91. The van der Waals surface area contributed by atoms with Gasteiger partial charge in [0.05, 0.1) is 4.90 Å². The number of rotatable bonds is 6. The third kappa shape index (κ3) is 4.96. The maximum atomic E-state index is 13.0. The molecule has 0 N–H and O–H groups in total. The molecule has 162 valence electrons. The second-order valence-electron chi connectivity index (χ2n) is 8.82. The Morgan fingerprint density at radius 2 is 1.40 bits per heavy atom. The van der Waals surface area contributed by atoms with Crippen molar-refractivity contribution in [3.8, 4) is 11.1 Å². The summed E-state index contributed by atoms with van der Waals surface area (Å²) in [5, 5.41) is 0. The average molecular weight is 427 g/mol. The van der Waals surface area contributed by atoms with E-state index in [0.717, 1.165) is 49.8 Å². The number of sulfonamides is 1. The van der Waals surface area contributed by atoms with Gasteiger partial charge < -0.3 is 4.90 Å². The van der Waals surface area contributed by atoms with E-state index < -0.39 is 10.0 Å². The van der Waals surface area contributed by atoms with Crippen molar-refractivity contribution in [3.63, 3.8) is 0 Å². The first-order valence-electron chi connectivity index (χ1n) is 11.5. The topological polar surface area (TPSA) is 40.6 Å². The predicted molar refractivity (Wildman–Crippen MR) is 123 cm³/mol. The molecule has 0 aromatic heterocycles. The monoisotopic (exact) mass is 426 g/mol. The molecule has 4 rings (SSSR count). The largest absolute Gasteiger partial charge is 0.300 e. The molecule has 1 atom stereocenters. The van der Waals surface area contributed by atoms with E-state index in [0.29, 0.717) is 24.0 Å². The van der Waals surface area contributed by atoms with E-state index >= 15 is 0 Å². The molecule has 0 aliphatic carbocycles. The molecule has 2 aromatic carbocycles. The number of hydrogen-bond donors (Lipinski definition) is 0. The SMILES string of the molecule is C[C@@H]1CCCN1CCc1ccc(-c2ccc(S(=O)(=O)N3CCCCCC3)cc2)cc1. The molecule has 0 spiro atoms. The van der Waals surface area contributed by atoms with Crippen LogP contribution in [0.4, 0.5) is 0 Å².